The molecule has 9 nitrogen and oxygen atoms in total. The van der Waals surface area contributed by atoms with E-state index in [-0.39, 0.29) is 23.4 Å². The SMILES string of the molecule is CCOCCOc1ccccc1C(=O)NNC(=O)c1ccccc1[N+](=O)[O-]. The maximum atomic E-state index is 12.3. The van der Waals surface area contributed by atoms with Crippen LogP contribution in [0.15, 0.2) is 48.5 Å². The van der Waals surface area contributed by atoms with Gasteiger partial charge in [-0.3, -0.25) is 30.6 Å². The average molecular weight is 373 g/mol. The molecular weight excluding hydrogens is 354 g/mol. The zero-order chi connectivity index (χ0) is 19.6. The van der Waals surface area contributed by atoms with Gasteiger partial charge in [-0.05, 0) is 25.1 Å². The van der Waals surface area contributed by atoms with Gasteiger partial charge in [-0.1, -0.05) is 24.3 Å². The fourth-order valence-corrected chi connectivity index (χ4v) is 2.21. The number of hydrogen-bond donors (Lipinski definition) is 2. The number of hydrazine groups is 1. The van der Waals surface area contributed by atoms with Crippen molar-refractivity contribution in [1.82, 2.24) is 10.9 Å². The molecule has 0 saturated heterocycles. The molecule has 0 heterocycles. The standard InChI is InChI=1S/C18H19N3O6/c1-2-26-11-12-27-16-10-6-4-8-14(16)18(23)20-19-17(22)13-7-3-5-9-15(13)21(24)25/h3-10H,2,11-12H2,1H3,(H,19,22)(H,20,23). The van der Waals surface area contributed by atoms with E-state index in [2.05, 4.69) is 10.9 Å². The van der Waals surface area contributed by atoms with Gasteiger partial charge >= 0.3 is 0 Å². The van der Waals surface area contributed by atoms with Crippen LogP contribution in [-0.4, -0.2) is 36.6 Å². The molecule has 2 aromatic carbocycles. The Hall–Kier alpha value is -3.46. The van der Waals surface area contributed by atoms with Crippen LogP contribution in [0.5, 0.6) is 5.75 Å². The summed E-state index contributed by atoms with van der Waals surface area (Å²) < 4.78 is 10.7. The maximum absolute atomic E-state index is 12.3. The quantitative estimate of drug-likeness (QED) is 0.415. The third-order valence-corrected chi connectivity index (χ3v) is 3.46. The second-order valence-electron chi connectivity index (χ2n) is 5.22. The van der Waals surface area contributed by atoms with E-state index >= 15 is 0 Å². The van der Waals surface area contributed by atoms with Crippen LogP contribution < -0.4 is 15.6 Å². The number of benzene rings is 2. The third-order valence-electron chi connectivity index (χ3n) is 3.46. The second kappa shape index (κ2) is 9.88. The molecule has 2 rings (SSSR count). The van der Waals surface area contributed by atoms with E-state index in [4.69, 9.17) is 9.47 Å². The molecule has 0 unspecified atom stereocenters. The number of ether oxygens (including phenoxy) is 2. The van der Waals surface area contributed by atoms with Crippen molar-refractivity contribution in [2.45, 2.75) is 6.92 Å². The van der Waals surface area contributed by atoms with Crippen LogP contribution in [0.4, 0.5) is 5.69 Å². The number of nitro groups is 1. The topological polar surface area (TPSA) is 120 Å². The monoisotopic (exact) mass is 373 g/mol. The summed E-state index contributed by atoms with van der Waals surface area (Å²) in [5.41, 5.74) is 4.09. The first-order valence-corrected chi connectivity index (χ1v) is 8.18. The normalized spacial score (nSPS) is 10.1. The molecule has 0 radical (unpaired) electrons. The Balaban J connectivity index is 2.02. The minimum absolute atomic E-state index is 0.163. The predicted molar refractivity (Wildman–Crippen MR) is 96.5 cm³/mol. The van der Waals surface area contributed by atoms with Crippen molar-refractivity contribution in [2.24, 2.45) is 0 Å². The number of carbonyl (C=O) groups excluding carboxylic acids is 2. The Morgan fingerprint density at radius 3 is 2.22 bits per heavy atom. The molecule has 0 aromatic heterocycles. The molecule has 0 spiro atoms. The highest BCUT2D eigenvalue weighted by atomic mass is 16.6. The van der Waals surface area contributed by atoms with Crippen molar-refractivity contribution in [3.63, 3.8) is 0 Å². The van der Waals surface area contributed by atoms with Crippen LogP contribution in [-0.2, 0) is 4.74 Å². The number of hydrogen-bond acceptors (Lipinski definition) is 6. The molecule has 0 fully saturated rings. The molecule has 9 heteroatoms. The molecule has 0 atom stereocenters. The van der Waals surface area contributed by atoms with Crippen molar-refractivity contribution < 1.29 is 24.0 Å². The maximum Gasteiger partial charge on any atom is 0.282 e. The predicted octanol–water partition coefficient (Wildman–Crippen LogP) is 2.08. The first kappa shape index (κ1) is 19.9. The van der Waals surface area contributed by atoms with Crippen LogP contribution >= 0.6 is 0 Å². The number of amides is 2. The van der Waals surface area contributed by atoms with Gasteiger partial charge in [-0.2, -0.15) is 0 Å². The lowest BCUT2D eigenvalue weighted by molar-refractivity contribution is -0.385. The van der Waals surface area contributed by atoms with Gasteiger partial charge in [0.15, 0.2) is 0 Å². The summed E-state index contributed by atoms with van der Waals surface area (Å²) in [5.74, 6) is -1.09. The lowest BCUT2D eigenvalue weighted by Gasteiger charge is -2.12. The lowest BCUT2D eigenvalue weighted by Crippen LogP contribution is -2.42. The smallest absolute Gasteiger partial charge is 0.282 e. The average Bonchev–Trinajstić information content (AvgIpc) is 2.69. The van der Waals surface area contributed by atoms with E-state index in [1.807, 2.05) is 6.92 Å². The molecule has 0 aliphatic carbocycles. The molecule has 0 saturated carbocycles. The van der Waals surface area contributed by atoms with Gasteiger partial charge in [-0.15, -0.1) is 0 Å². The van der Waals surface area contributed by atoms with E-state index in [1.165, 1.54) is 30.3 Å². The highest BCUT2D eigenvalue weighted by Gasteiger charge is 2.20. The molecule has 2 N–H and O–H groups in total. The van der Waals surface area contributed by atoms with Crippen LogP contribution in [0.3, 0.4) is 0 Å². The fraction of sp³-hybridized carbons (Fsp3) is 0.222. The van der Waals surface area contributed by atoms with E-state index in [9.17, 15) is 19.7 Å². The largest absolute Gasteiger partial charge is 0.490 e. The number of rotatable bonds is 8. The Morgan fingerprint density at radius 1 is 0.963 bits per heavy atom. The van der Waals surface area contributed by atoms with Crippen molar-refractivity contribution >= 4 is 17.5 Å². The summed E-state index contributed by atoms with van der Waals surface area (Å²) >= 11 is 0. The first-order chi connectivity index (χ1) is 13.0. The van der Waals surface area contributed by atoms with Gasteiger partial charge in [0.25, 0.3) is 17.5 Å². The minimum Gasteiger partial charge on any atom is -0.490 e. The van der Waals surface area contributed by atoms with Crippen LogP contribution in [0, 0.1) is 10.1 Å². The summed E-state index contributed by atoms with van der Waals surface area (Å²) in [6.07, 6.45) is 0. The van der Waals surface area contributed by atoms with Gasteiger partial charge in [0, 0.05) is 12.7 Å². The molecule has 142 valence electrons. The number of carbonyl (C=O) groups is 2. The molecule has 0 aliphatic heterocycles. The van der Waals surface area contributed by atoms with Gasteiger partial charge in [0.2, 0.25) is 0 Å². The highest BCUT2D eigenvalue weighted by Crippen LogP contribution is 2.18. The first-order valence-electron chi connectivity index (χ1n) is 8.18. The minimum atomic E-state index is -0.801. The zero-order valence-electron chi connectivity index (χ0n) is 14.6. The summed E-state index contributed by atoms with van der Waals surface area (Å²) in [7, 11) is 0. The van der Waals surface area contributed by atoms with Crippen LogP contribution in [0.2, 0.25) is 0 Å². The lowest BCUT2D eigenvalue weighted by atomic mass is 10.1. The van der Waals surface area contributed by atoms with Crippen molar-refractivity contribution in [2.75, 3.05) is 19.8 Å². The third kappa shape index (κ3) is 5.51. The number of nitrogens with one attached hydrogen (secondary N) is 2. The van der Waals surface area contributed by atoms with Gasteiger partial charge in [0.05, 0.1) is 17.1 Å². The summed E-state index contributed by atoms with van der Waals surface area (Å²) in [4.78, 5) is 34.8. The van der Waals surface area contributed by atoms with Crippen molar-refractivity contribution in [3.8, 4) is 5.75 Å². The molecule has 2 aromatic rings. The Morgan fingerprint density at radius 2 is 1.56 bits per heavy atom. The Kier molecular flexibility index (Phi) is 7.26. The summed E-state index contributed by atoms with van der Waals surface area (Å²) in [6, 6.07) is 11.9. The molecule has 0 bridgehead atoms. The fourth-order valence-electron chi connectivity index (χ4n) is 2.21. The highest BCUT2D eigenvalue weighted by molar-refractivity contribution is 6.02. The van der Waals surface area contributed by atoms with Crippen LogP contribution in [0.1, 0.15) is 27.6 Å². The van der Waals surface area contributed by atoms with E-state index in [0.717, 1.165) is 0 Å². The van der Waals surface area contributed by atoms with Crippen LogP contribution in [0.25, 0.3) is 0 Å². The van der Waals surface area contributed by atoms with Crippen molar-refractivity contribution in [3.05, 3.63) is 69.8 Å². The molecule has 27 heavy (non-hydrogen) atoms. The van der Waals surface area contributed by atoms with E-state index < -0.39 is 16.7 Å². The number of nitrogens with zero attached hydrogens (tertiary/aromatic N) is 1. The van der Waals surface area contributed by atoms with Crippen molar-refractivity contribution in [1.29, 1.82) is 0 Å². The van der Waals surface area contributed by atoms with Gasteiger partial charge in [0.1, 0.15) is 17.9 Å². The zero-order valence-corrected chi connectivity index (χ0v) is 14.6. The summed E-state index contributed by atoms with van der Waals surface area (Å²) in [5, 5.41) is 11.0. The second-order valence-corrected chi connectivity index (χ2v) is 5.22. The van der Waals surface area contributed by atoms with Gasteiger partial charge < -0.3 is 9.47 Å². The molecule has 2 amide bonds. The number of para-hydroxylation sites is 2. The Bertz CT molecular complexity index is 824. The van der Waals surface area contributed by atoms with E-state index in [1.54, 1.807) is 18.2 Å². The number of nitro benzene ring substituents is 1. The Labute approximate surface area is 155 Å². The molecule has 0 aliphatic rings. The van der Waals surface area contributed by atoms with Gasteiger partial charge in [-0.25, -0.2) is 0 Å². The van der Waals surface area contributed by atoms with E-state index in [0.29, 0.717) is 19.0 Å². The molecular formula is C18H19N3O6. The summed E-state index contributed by atoms with van der Waals surface area (Å²) in [6.45, 7) is 3.06.